The van der Waals surface area contributed by atoms with E-state index in [9.17, 15) is 24.9 Å². The van der Waals surface area contributed by atoms with E-state index >= 15 is 0 Å². The smallest absolute Gasteiger partial charge is 0.407 e. The van der Waals surface area contributed by atoms with Gasteiger partial charge in [0.25, 0.3) is 0 Å². The monoisotopic (exact) mass is 561 g/mol. The number of amides is 2. The first-order valence-corrected chi connectivity index (χ1v) is 13.3. The minimum Gasteiger partial charge on any atom is -0.447 e. The van der Waals surface area contributed by atoms with Gasteiger partial charge in [-0.2, -0.15) is 0 Å². The van der Waals surface area contributed by atoms with Crippen LogP contribution in [0.25, 0.3) is 0 Å². The van der Waals surface area contributed by atoms with Gasteiger partial charge in [0.05, 0.1) is 30.9 Å². The topological polar surface area (TPSA) is 170 Å². The van der Waals surface area contributed by atoms with Crippen molar-refractivity contribution < 1.29 is 39.5 Å². The molecule has 2 aromatic carbocycles. The Hall–Kier alpha value is -3.22. The summed E-state index contributed by atoms with van der Waals surface area (Å²) in [5, 5.41) is 48.6. The summed E-state index contributed by atoms with van der Waals surface area (Å²) in [6.07, 6.45) is -4.15. The molecule has 0 radical (unpaired) electrons. The van der Waals surface area contributed by atoms with Gasteiger partial charge in [-0.05, 0) is 44.7 Å². The van der Waals surface area contributed by atoms with Crippen molar-refractivity contribution >= 4 is 12.2 Å². The number of carbonyl (C=O) groups is 2. The summed E-state index contributed by atoms with van der Waals surface area (Å²) >= 11 is 0. The minimum absolute atomic E-state index is 0.0125. The molecule has 0 aliphatic carbocycles. The molecule has 0 fully saturated rings. The van der Waals surface area contributed by atoms with E-state index in [1.165, 1.54) is 0 Å². The Kier molecular flexibility index (Phi) is 13.8. The fraction of sp³-hybridized carbons (Fsp3) is 0.517. The van der Waals surface area contributed by atoms with Gasteiger partial charge in [-0.3, -0.25) is 0 Å². The molecule has 0 bridgehead atoms. The zero-order chi connectivity index (χ0) is 29.5. The second-order valence-electron chi connectivity index (χ2n) is 10.6. The molecule has 11 heteroatoms. The summed E-state index contributed by atoms with van der Waals surface area (Å²) < 4.78 is 10.3. The molecule has 7 N–H and O–H groups in total. The molecule has 2 rings (SSSR count). The first kappa shape index (κ1) is 33.0. The molecule has 4 unspecified atom stereocenters. The molecule has 0 saturated heterocycles. The van der Waals surface area contributed by atoms with Gasteiger partial charge < -0.3 is 45.9 Å². The van der Waals surface area contributed by atoms with Crippen LogP contribution in [0.5, 0.6) is 0 Å². The maximum absolute atomic E-state index is 12.4. The zero-order valence-electron chi connectivity index (χ0n) is 23.3. The fourth-order valence-corrected chi connectivity index (χ4v) is 3.84. The van der Waals surface area contributed by atoms with Gasteiger partial charge in [0.2, 0.25) is 0 Å². The summed E-state index contributed by atoms with van der Waals surface area (Å²) in [4.78, 5) is 24.7. The van der Waals surface area contributed by atoms with Crippen LogP contribution in [0.2, 0.25) is 0 Å². The lowest BCUT2D eigenvalue weighted by atomic mass is 10.00. The summed E-state index contributed by atoms with van der Waals surface area (Å²) in [6.45, 7) is 4.36. The van der Waals surface area contributed by atoms with Crippen molar-refractivity contribution in [3.63, 3.8) is 0 Å². The number of benzene rings is 2. The third-order valence-corrected chi connectivity index (χ3v) is 5.86. The van der Waals surface area contributed by atoms with Gasteiger partial charge in [-0.15, -0.1) is 0 Å². The van der Waals surface area contributed by atoms with E-state index in [0.717, 1.165) is 11.1 Å². The Morgan fingerprint density at radius 2 is 1.23 bits per heavy atom. The van der Waals surface area contributed by atoms with Gasteiger partial charge in [-0.25, -0.2) is 9.59 Å². The van der Waals surface area contributed by atoms with E-state index in [-0.39, 0.29) is 13.1 Å². The number of aliphatic hydroxyl groups is 4. The standard InChI is InChI=1S/C29H43N3O8/c1-29(2,3)40-28(38)32-24(15-21-12-8-5-9-13-21)26(36)17-30-16-25(35)23(14-20-10-6-4-7-11-20)31-27(37)39-19-22(34)18-33/h4-13,22-26,30,33-36H,14-19H2,1-3H3,(H,31,37)(H,32,38)/t22-,23?,24?,25?,26?/m1/s1. The van der Waals surface area contributed by atoms with Crippen LogP contribution in [0.1, 0.15) is 31.9 Å². The number of hydrogen-bond acceptors (Lipinski definition) is 9. The van der Waals surface area contributed by atoms with Gasteiger partial charge in [0, 0.05) is 13.1 Å². The number of rotatable bonds is 15. The first-order chi connectivity index (χ1) is 19.0. The van der Waals surface area contributed by atoms with E-state index in [2.05, 4.69) is 16.0 Å². The number of nitrogens with one attached hydrogen (secondary N) is 3. The lowest BCUT2D eigenvalue weighted by molar-refractivity contribution is 0.0283. The molecule has 0 aliphatic rings. The van der Waals surface area contributed by atoms with Crippen LogP contribution < -0.4 is 16.0 Å². The summed E-state index contributed by atoms with van der Waals surface area (Å²) in [7, 11) is 0. The van der Waals surface area contributed by atoms with E-state index in [1.54, 1.807) is 20.8 Å². The van der Waals surface area contributed by atoms with Gasteiger partial charge in [0.1, 0.15) is 18.3 Å². The Bertz CT molecular complexity index is 1000. The third-order valence-electron chi connectivity index (χ3n) is 5.86. The lowest BCUT2D eigenvalue weighted by Gasteiger charge is -2.28. The van der Waals surface area contributed by atoms with Crippen LogP contribution in [0.15, 0.2) is 60.7 Å². The molecular weight excluding hydrogens is 518 g/mol. The van der Waals surface area contributed by atoms with Crippen LogP contribution in [0, 0.1) is 0 Å². The zero-order valence-corrected chi connectivity index (χ0v) is 23.3. The summed E-state index contributed by atoms with van der Waals surface area (Å²) in [5.74, 6) is 0. The molecule has 0 aromatic heterocycles. The van der Waals surface area contributed by atoms with Crippen LogP contribution in [0.3, 0.4) is 0 Å². The van der Waals surface area contributed by atoms with Crippen LogP contribution in [0.4, 0.5) is 9.59 Å². The van der Waals surface area contributed by atoms with Crippen molar-refractivity contribution in [2.75, 3.05) is 26.3 Å². The number of ether oxygens (including phenoxy) is 2. The number of hydrogen-bond donors (Lipinski definition) is 7. The second-order valence-corrected chi connectivity index (χ2v) is 10.6. The average molecular weight is 562 g/mol. The SMILES string of the molecule is CC(C)(C)OC(=O)NC(Cc1ccccc1)C(O)CNCC(O)C(Cc1ccccc1)NC(=O)OC[C@H](O)CO. The predicted octanol–water partition coefficient (Wildman–Crippen LogP) is 1.12. The number of carbonyl (C=O) groups excluding carboxylic acids is 2. The van der Waals surface area contributed by atoms with Gasteiger partial charge in [-0.1, -0.05) is 60.7 Å². The Balaban J connectivity index is 2.00. The minimum atomic E-state index is -1.20. The van der Waals surface area contributed by atoms with Crippen molar-refractivity contribution in [1.29, 1.82) is 0 Å². The molecule has 2 amide bonds. The van der Waals surface area contributed by atoms with E-state index in [4.69, 9.17) is 14.6 Å². The Morgan fingerprint density at radius 1 is 0.775 bits per heavy atom. The average Bonchev–Trinajstić information content (AvgIpc) is 2.91. The highest BCUT2D eigenvalue weighted by Gasteiger charge is 2.27. The van der Waals surface area contributed by atoms with Crippen LogP contribution in [-0.2, 0) is 22.3 Å². The molecule has 5 atom stereocenters. The van der Waals surface area contributed by atoms with Crippen molar-refractivity contribution in [2.45, 2.75) is 69.6 Å². The summed E-state index contributed by atoms with van der Waals surface area (Å²) in [5.41, 5.74) is 1.08. The highest BCUT2D eigenvalue weighted by Crippen LogP contribution is 2.11. The normalized spacial score (nSPS) is 15.3. The maximum atomic E-state index is 12.4. The van der Waals surface area contributed by atoms with Crippen molar-refractivity contribution in [3.05, 3.63) is 71.8 Å². The predicted molar refractivity (Wildman–Crippen MR) is 150 cm³/mol. The largest absolute Gasteiger partial charge is 0.447 e. The first-order valence-electron chi connectivity index (χ1n) is 13.3. The van der Waals surface area contributed by atoms with E-state index in [1.807, 2.05) is 60.7 Å². The molecule has 0 spiro atoms. The Labute approximate surface area is 235 Å². The highest BCUT2D eigenvalue weighted by atomic mass is 16.6. The van der Waals surface area contributed by atoms with E-state index in [0.29, 0.717) is 12.8 Å². The Morgan fingerprint density at radius 3 is 1.65 bits per heavy atom. The molecule has 0 saturated carbocycles. The molecule has 222 valence electrons. The molecule has 11 nitrogen and oxygen atoms in total. The molecule has 0 aliphatic heterocycles. The third kappa shape index (κ3) is 13.2. The molecular formula is C29H43N3O8. The van der Waals surface area contributed by atoms with Crippen LogP contribution in [-0.4, -0.2) is 94.9 Å². The van der Waals surface area contributed by atoms with Crippen molar-refractivity contribution in [1.82, 2.24) is 16.0 Å². The summed E-state index contributed by atoms with van der Waals surface area (Å²) in [6, 6.07) is 17.2. The lowest BCUT2D eigenvalue weighted by Crippen LogP contribution is -2.52. The van der Waals surface area contributed by atoms with Crippen molar-refractivity contribution in [3.8, 4) is 0 Å². The number of alkyl carbamates (subject to hydrolysis) is 2. The molecule has 2 aromatic rings. The molecule has 40 heavy (non-hydrogen) atoms. The van der Waals surface area contributed by atoms with Gasteiger partial charge in [0.15, 0.2) is 0 Å². The van der Waals surface area contributed by atoms with Crippen molar-refractivity contribution in [2.24, 2.45) is 0 Å². The number of aliphatic hydroxyl groups excluding tert-OH is 4. The maximum Gasteiger partial charge on any atom is 0.407 e. The highest BCUT2D eigenvalue weighted by molar-refractivity contribution is 5.68. The quantitative estimate of drug-likeness (QED) is 0.168. The van der Waals surface area contributed by atoms with E-state index < -0.39 is 61.4 Å². The van der Waals surface area contributed by atoms with Gasteiger partial charge >= 0.3 is 12.2 Å². The molecule has 0 heterocycles. The fourth-order valence-electron chi connectivity index (χ4n) is 3.84. The van der Waals surface area contributed by atoms with Crippen LogP contribution >= 0.6 is 0 Å². The second kappa shape index (κ2) is 16.8.